The number of carbonyl (C=O) groups is 5. The number of ether oxygens (including phenoxy) is 5. The molecule has 1 rings (SSSR count). The number of benzene rings is 1. The SMILES string of the molecule is COC(=O)OCC(C)OC(=O)CCc1cccc(CCC(=O)OCC(C)(COC(=O)CC(C)(C)C)C(=O)O)c1. The Balaban J connectivity index is 2.50. The molecule has 0 heterocycles. The average molecular weight is 553 g/mol. The molecule has 1 N–H and O–H groups in total. The third-order valence-corrected chi connectivity index (χ3v) is 5.46. The van der Waals surface area contributed by atoms with Gasteiger partial charge in [0, 0.05) is 12.8 Å². The topological polar surface area (TPSA) is 152 Å². The number of carboxylic acid groups (broad SMARTS) is 1. The first-order valence-corrected chi connectivity index (χ1v) is 12.7. The minimum Gasteiger partial charge on any atom is -0.481 e. The van der Waals surface area contributed by atoms with Crippen molar-refractivity contribution >= 4 is 30.0 Å². The first-order valence-electron chi connectivity index (χ1n) is 12.7. The zero-order chi connectivity index (χ0) is 29.6. The van der Waals surface area contributed by atoms with Crippen LogP contribution in [0, 0.1) is 10.8 Å². The van der Waals surface area contributed by atoms with Gasteiger partial charge >= 0.3 is 30.0 Å². The van der Waals surface area contributed by atoms with E-state index < -0.39 is 54.8 Å². The molecule has 1 aromatic carbocycles. The van der Waals surface area contributed by atoms with E-state index in [0.29, 0.717) is 12.8 Å². The molecule has 11 heteroatoms. The molecule has 0 fully saturated rings. The van der Waals surface area contributed by atoms with Crippen molar-refractivity contribution in [3.63, 3.8) is 0 Å². The maximum absolute atomic E-state index is 12.3. The van der Waals surface area contributed by atoms with Gasteiger partial charge in [-0.2, -0.15) is 0 Å². The minimum atomic E-state index is -1.57. The molecule has 2 atom stereocenters. The molecule has 0 spiro atoms. The molecule has 218 valence electrons. The highest BCUT2D eigenvalue weighted by atomic mass is 16.7. The van der Waals surface area contributed by atoms with Crippen LogP contribution in [0.15, 0.2) is 24.3 Å². The van der Waals surface area contributed by atoms with E-state index in [1.165, 1.54) is 14.0 Å². The number of carbonyl (C=O) groups excluding carboxylic acids is 4. The Morgan fingerprint density at radius 3 is 1.90 bits per heavy atom. The molecule has 39 heavy (non-hydrogen) atoms. The van der Waals surface area contributed by atoms with Crippen molar-refractivity contribution in [2.24, 2.45) is 10.8 Å². The van der Waals surface area contributed by atoms with E-state index in [4.69, 9.17) is 18.9 Å². The van der Waals surface area contributed by atoms with E-state index in [1.807, 2.05) is 45.0 Å². The third kappa shape index (κ3) is 14.2. The van der Waals surface area contributed by atoms with Crippen LogP contribution in [-0.4, -0.2) is 68.2 Å². The van der Waals surface area contributed by atoms with Gasteiger partial charge in [-0.1, -0.05) is 45.0 Å². The maximum atomic E-state index is 12.3. The molecule has 0 saturated heterocycles. The summed E-state index contributed by atoms with van der Waals surface area (Å²) in [4.78, 5) is 59.1. The van der Waals surface area contributed by atoms with Crippen molar-refractivity contribution < 1.29 is 52.8 Å². The summed E-state index contributed by atoms with van der Waals surface area (Å²) in [5.41, 5.74) is -0.160. The number of esters is 3. The fraction of sp³-hybridized carbons (Fsp3) is 0.607. The zero-order valence-electron chi connectivity index (χ0n) is 23.6. The van der Waals surface area contributed by atoms with Gasteiger partial charge in [0.15, 0.2) is 0 Å². The van der Waals surface area contributed by atoms with Crippen LogP contribution in [0.4, 0.5) is 4.79 Å². The second-order valence-corrected chi connectivity index (χ2v) is 10.8. The second kappa shape index (κ2) is 15.7. The Hall–Kier alpha value is -3.63. The Morgan fingerprint density at radius 1 is 0.846 bits per heavy atom. The molecule has 0 aromatic heterocycles. The first-order chi connectivity index (χ1) is 18.1. The average Bonchev–Trinajstić information content (AvgIpc) is 2.86. The minimum absolute atomic E-state index is 0.0166. The van der Waals surface area contributed by atoms with Crippen LogP contribution in [0.2, 0.25) is 0 Å². The van der Waals surface area contributed by atoms with Gasteiger partial charge < -0.3 is 28.8 Å². The summed E-state index contributed by atoms with van der Waals surface area (Å²) in [6.07, 6.45) is -0.451. The standard InChI is InChI=1S/C28H40O11/c1-19(16-36-26(34)35-6)39-23(30)13-11-21-9-7-8-20(14-21)10-12-22(29)37-17-28(5,25(32)33)18-38-24(31)15-27(2,3)4/h7-9,14,19H,10-13,15-18H2,1-6H3,(H,32,33). The number of hydrogen-bond donors (Lipinski definition) is 1. The van der Waals surface area contributed by atoms with Crippen molar-refractivity contribution in [3.8, 4) is 0 Å². The van der Waals surface area contributed by atoms with Crippen molar-refractivity contribution in [1.82, 2.24) is 0 Å². The van der Waals surface area contributed by atoms with Gasteiger partial charge in [0.1, 0.15) is 31.3 Å². The van der Waals surface area contributed by atoms with E-state index >= 15 is 0 Å². The molecule has 0 radical (unpaired) electrons. The normalized spacial score (nSPS) is 13.4. The molecule has 11 nitrogen and oxygen atoms in total. The van der Waals surface area contributed by atoms with E-state index in [2.05, 4.69) is 4.74 Å². The predicted octanol–water partition coefficient (Wildman–Crippen LogP) is 3.88. The summed E-state index contributed by atoms with van der Waals surface area (Å²) in [6.45, 7) is 7.59. The first kappa shape index (κ1) is 33.4. The number of carboxylic acids is 1. The second-order valence-electron chi connectivity index (χ2n) is 10.8. The largest absolute Gasteiger partial charge is 0.508 e. The predicted molar refractivity (Wildman–Crippen MR) is 139 cm³/mol. The molecule has 0 aliphatic heterocycles. The van der Waals surface area contributed by atoms with Gasteiger partial charge in [-0.05, 0) is 43.2 Å². The smallest absolute Gasteiger partial charge is 0.481 e. The Labute approximate surface area is 229 Å². The molecular formula is C28H40O11. The molecule has 0 amide bonds. The fourth-order valence-electron chi connectivity index (χ4n) is 3.20. The number of aliphatic carboxylic acids is 1. The lowest BCUT2D eigenvalue weighted by molar-refractivity contribution is -0.166. The fourth-order valence-corrected chi connectivity index (χ4v) is 3.20. The van der Waals surface area contributed by atoms with Crippen LogP contribution in [0.1, 0.15) is 65.0 Å². The summed E-state index contributed by atoms with van der Waals surface area (Å²) in [7, 11) is 1.18. The lowest BCUT2D eigenvalue weighted by Gasteiger charge is -2.25. The molecule has 0 aliphatic carbocycles. The Bertz CT molecular complexity index is 995. The highest BCUT2D eigenvalue weighted by molar-refractivity contribution is 5.77. The zero-order valence-corrected chi connectivity index (χ0v) is 23.6. The van der Waals surface area contributed by atoms with Crippen LogP contribution in [0.3, 0.4) is 0 Å². The van der Waals surface area contributed by atoms with E-state index in [-0.39, 0.29) is 31.3 Å². The molecule has 1 aromatic rings. The van der Waals surface area contributed by atoms with Crippen molar-refractivity contribution in [2.75, 3.05) is 26.9 Å². The summed E-state index contributed by atoms with van der Waals surface area (Å²) < 4.78 is 24.6. The summed E-state index contributed by atoms with van der Waals surface area (Å²) in [5, 5.41) is 9.59. The number of aryl methyl sites for hydroxylation is 2. The van der Waals surface area contributed by atoms with Crippen molar-refractivity contribution in [2.45, 2.75) is 72.8 Å². The van der Waals surface area contributed by atoms with Gasteiger partial charge in [-0.15, -0.1) is 0 Å². The maximum Gasteiger partial charge on any atom is 0.508 e. The highest BCUT2D eigenvalue weighted by Gasteiger charge is 2.37. The Kier molecular flexibility index (Phi) is 13.4. The van der Waals surface area contributed by atoms with Crippen LogP contribution in [0.5, 0.6) is 0 Å². The van der Waals surface area contributed by atoms with Crippen LogP contribution >= 0.6 is 0 Å². The molecular weight excluding hydrogens is 512 g/mol. The van der Waals surface area contributed by atoms with Gasteiger partial charge in [0.2, 0.25) is 0 Å². The third-order valence-electron chi connectivity index (χ3n) is 5.46. The van der Waals surface area contributed by atoms with Crippen molar-refractivity contribution in [1.29, 1.82) is 0 Å². The van der Waals surface area contributed by atoms with Gasteiger partial charge in [0.25, 0.3) is 0 Å². The lowest BCUT2D eigenvalue weighted by atomic mass is 9.91. The lowest BCUT2D eigenvalue weighted by Crippen LogP contribution is -2.39. The molecule has 0 aliphatic rings. The van der Waals surface area contributed by atoms with E-state index in [1.54, 1.807) is 6.92 Å². The molecule has 0 saturated carbocycles. The quantitative estimate of drug-likeness (QED) is 0.249. The Morgan fingerprint density at radius 2 is 1.38 bits per heavy atom. The van der Waals surface area contributed by atoms with Crippen LogP contribution in [-0.2, 0) is 55.7 Å². The van der Waals surface area contributed by atoms with E-state index in [0.717, 1.165) is 11.1 Å². The van der Waals surface area contributed by atoms with E-state index in [9.17, 15) is 29.1 Å². The van der Waals surface area contributed by atoms with Crippen LogP contribution < -0.4 is 0 Å². The van der Waals surface area contributed by atoms with Gasteiger partial charge in [-0.3, -0.25) is 19.2 Å². The summed E-state index contributed by atoms with van der Waals surface area (Å²) >= 11 is 0. The van der Waals surface area contributed by atoms with Crippen molar-refractivity contribution in [3.05, 3.63) is 35.4 Å². The molecule has 0 bridgehead atoms. The highest BCUT2D eigenvalue weighted by Crippen LogP contribution is 2.22. The van der Waals surface area contributed by atoms with Gasteiger partial charge in [-0.25, -0.2) is 4.79 Å². The monoisotopic (exact) mass is 552 g/mol. The molecule has 2 unspecified atom stereocenters. The number of hydrogen-bond acceptors (Lipinski definition) is 10. The number of rotatable bonds is 15. The number of methoxy groups -OCH3 is 1. The summed E-state index contributed by atoms with van der Waals surface area (Å²) in [5.74, 6) is -2.79. The van der Waals surface area contributed by atoms with Gasteiger partial charge in [0.05, 0.1) is 13.5 Å². The summed E-state index contributed by atoms with van der Waals surface area (Å²) in [6, 6.07) is 7.34. The van der Waals surface area contributed by atoms with Crippen LogP contribution in [0.25, 0.3) is 0 Å².